The SMILES string of the molecule is Cn1c(=O)n(C2CCC(=O)NC2=O)c2cccc(C3CCN(C[C@H]4CC[C@H](n5cc6cc(NC(=O)c7nc(C(F)(F)F)cs7)ccc6n5)CC4)CC3)c21. The maximum Gasteiger partial charge on any atom is 0.434 e. The standard InChI is InChI=1S/C37H39F3N8O4S/c1-45-32-26(3-2-4-28(32)48(36(45)52)29-11-12-31(49)43-33(29)50)22-13-15-46(16-14-22)18-21-5-8-25(9-6-21)47-19-23-17-24(7-10-27(23)44-47)41-34(51)35-42-30(20-53-35)37(38,39)40/h2-4,7,10,17,19-22,25,29H,5-6,8-9,11-16,18H2,1H3,(H,41,51)(H,43,49,50)/t21-,25-,29?. The summed E-state index contributed by atoms with van der Waals surface area (Å²) in [6, 6.07) is 10.8. The normalized spacial score (nSPS) is 22.1. The minimum Gasteiger partial charge on any atom is -0.320 e. The summed E-state index contributed by atoms with van der Waals surface area (Å²) in [5.74, 6) is -0.536. The van der Waals surface area contributed by atoms with E-state index in [-0.39, 0.29) is 29.1 Å². The number of para-hydroxylation sites is 1. The van der Waals surface area contributed by atoms with Crippen molar-refractivity contribution in [3.05, 3.63) is 74.7 Å². The van der Waals surface area contributed by atoms with Gasteiger partial charge in [-0.3, -0.25) is 33.5 Å². The minimum atomic E-state index is -4.60. The predicted molar refractivity (Wildman–Crippen MR) is 193 cm³/mol. The zero-order valence-corrected chi connectivity index (χ0v) is 29.9. The van der Waals surface area contributed by atoms with E-state index < -0.39 is 29.7 Å². The topological polar surface area (TPSA) is 136 Å². The molecular formula is C37H39F3N8O4S. The summed E-state index contributed by atoms with van der Waals surface area (Å²) in [4.78, 5) is 56.4. The maximum atomic E-state index is 13.4. The Morgan fingerprint density at radius 1 is 1.02 bits per heavy atom. The van der Waals surface area contributed by atoms with Crippen molar-refractivity contribution in [3.63, 3.8) is 0 Å². The van der Waals surface area contributed by atoms with Crippen molar-refractivity contribution in [2.24, 2.45) is 13.0 Å². The van der Waals surface area contributed by atoms with Crippen molar-refractivity contribution in [1.82, 2.24) is 34.1 Å². The van der Waals surface area contributed by atoms with Gasteiger partial charge in [0.2, 0.25) is 11.8 Å². The number of likely N-dealkylation sites (tertiary alicyclic amines) is 1. The largest absolute Gasteiger partial charge is 0.434 e. The van der Waals surface area contributed by atoms with E-state index in [0.29, 0.717) is 35.3 Å². The molecule has 0 bridgehead atoms. The van der Waals surface area contributed by atoms with E-state index in [9.17, 15) is 32.3 Å². The molecule has 1 atom stereocenters. The van der Waals surface area contributed by atoms with Crippen LogP contribution in [-0.2, 0) is 22.8 Å². The molecule has 2 saturated heterocycles. The molecule has 3 fully saturated rings. The number of aromatic nitrogens is 5. The number of hydrogen-bond acceptors (Lipinski definition) is 8. The molecule has 1 aliphatic carbocycles. The van der Waals surface area contributed by atoms with Crippen LogP contribution in [0.15, 0.2) is 52.8 Å². The fraction of sp³-hybridized carbons (Fsp3) is 0.459. The Morgan fingerprint density at radius 2 is 1.79 bits per heavy atom. The number of imide groups is 1. The van der Waals surface area contributed by atoms with Crippen LogP contribution in [0.2, 0.25) is 0 Å². The molecule has 2 N–H and O–H groups in total. The van der Waals surface area contributed by atoms with Crippen molar-refractivity contribution in [1.29, 1.82) is 0 Å². The Labute approximate surface area is 306 Å². The van der Waals surface area contributed by atoms with Crippen molar-refractivity contribution < 1.29 is 27.6 Å². The summed E-state index contributed by atoms with van der Waals surface area (Å²) in [6.07, 6.45) is 4.04. The summed E-state index contributed by atoms with van der Waals surface area (Å²) in [5, 5.41) is 11.3. The molecule has 0 spiro atoms. The number of alkyl halides is 3. The van der Waals surface area contributed by atoms with Crippen LogP contribution in [0.25, 0.3) is 21.9 Å². The Morgan fingerprint density at radius 3 is 2.51 bits per heavy atom. The Balaban J connectivity index is 0.854. The van der Waals surface area contributed by atoms with Crippen LogP contribution in [0, 0.1) is 5.92 Å². The molecule has 5 aromatic rings. The van der Waals surface area contributed by atoms with Crippen molar-refractivity contribution in [2.75, 3.05) is 25.0 Å². The average Bonchev–Trinajstić information content (AvgIpc) is 3.87. The molecule has 3 amide bonds. The molecule has 1 saturated carbocycles. The highest BCUT2D eigenvalue weighted by atomic mass is 32.1. The van der Waals surface area contributed by atoms with Gasteiger partial charge in [-0.05, 0) is 99.7 Å². The van der Waals surface area contributed by atoms with Gasteiger partial charge in [-0.2, -0.15) is 18.3 Å². The molecule has 8 rings (SSSR count). The number of carbonyl (C=O) groups is 3. The van der Waals surface area contributed by atoms with Gasteiger partial charge in [0.25, 0.3) is 5.91 Å². The molecule has 16 heteroatoms. The Kier molecular flexibility index (Phi) is 9.21. The second kappa shape index (κ2) is 13.9. The third-order valence-electron chi connectivity index (χ3n) is 11.2. The number of nitrogens with one attached hydrogen (secondary N) is 2. The first-order valence-corrected chi connectivity index (χ1v) is 18.9. The number of carbonyl (C=O) groups excluding carboxylic acids is 3. The lowest BCUT2D eigenvalue weighted by atomic mass is 9.84. The fourth-order valence-corrected chi connectivity index (χ4v) is 9.13. The first-order chi connectivity index (χ1) is 25.4. The van der Waals surface area contributed by atoms with Crippen LogP contribution < -0.4 is 16.3 Å². The van der Waals surface area contributed by atoms with Gasteiger partial charge in [0, 0.05) is 42.7 Å². The molecule has 278 valence electrons. The summed E-state index contributed by atoms with van der Waals surface area (Å²) >= 11 is 0.655. The molecule has 53 heavy (non-hydrogen) atoms. The summed E-state index contributed by atoms with van der Waals surface area (Å²) in [6.45, 7) is 2.98. The van der Waals surface area contributed by atoms with Gasteiger partial charge < -0.3 is 10.2 Å². The quantitative estimate of drug-likeness (QED) is 0.195. The average molecular weight is 749 g/mol. The molecule has 3 aliphatic rings. The summed E-state index contributed by atoms with van der Waals surface area (Å²) < 4.78 is 44.0. The molecule has 3 aromatic heterocycles. The maximum absolute atomic E-state index is 13.4. The van der Waals surface area contributed by atoms with Crippen molar-refractivity contribution in [3.8, 4) is 0 Å². The van der Waals surface area contributed by atoms with E-state index in [4.69, 9.17) is 5.10 Å². The van der Waals surface area contributed by atoms with Crippen molar-refractivity contribution in [2.45, 2.75) is 75.5 Å². The number of nitrogens with zero attached hydrogens (tertiary/aromatic N) is 6. The minimum absolute atomic E-state index is 0.209. The molecule has 1 unspecified atom stereocenters. The van der Waals surface area contributed by atoms with E-state index >= 15 is 0 Å². The van der Waals surface area contributed by atoms with Crippen LogP contribution in [0.3, 0.4) is 0 Å². The first-order valence-electron chi connectivity index (χ1n) is 18.0. The zero-order valence-electron chi connectivity index (χ0n) is 29.1. The smallest absolute Gasteiger partial charge is 0.320 e. The summed E-state index contributed by atoms with van der Waals surface area (Å²) in [5.41, 5.74) is 2.66. The van der Waals surface area contributed by atoms with Gasteiger partial charge in [-0.15, -0.1) is 11.3 Å². The lowest BCUT2D eigenvalue weighted by Gasteiger charge is -2.37. The Hall–Kier alpha value is -4.83. The lowest BCUT2D eigenvalue weighted by molar-refractivity contribution is -0.141. The van der Waals surface area contributed by atoms with Gasteiger partial charge in [0.15, 0.2) is 10.7 Å². The highest BCUT2D eigenvalue weighted by Gasteiger charge is 2.35. The fourth-order valence-electron chi connectivity index (χ4n) is 8.41. The van der Waals surface area contributed by atoms with Crippen LogP contribution in [0.4, 0.5) is 18.9 Å². The monoisotopic (exact) mass is 748 g/mol. The number of halogens is 3. The van der Waals surface area contributed by atoms with Gasteiger partial charge in [-0.1, -0.05) is 12.1 Å². The molecule has 2 aliphatic heterocycles. The first kappa shape index (κ1) is 35.2. The van der Waals surface area contributed by atoms with E-state index in [2.05, 4.69) is 26.6 Å². The number of piperidine rings is 2. The number of aryl methyl sites for hydroxylation is 1. The third kappa shape index (κ3) is 6.89. The van der Waals surface area contributed by atoms with E-state index in [1.807, 2.05) is 23.0 Å². The van der Waals surface area contributed by atoms with Crippen LogP contribution in [-0.4, -0.2) is 66.2 Å². The van der Waals surface area contributed by atoms with E-state index in [0.717, 1.165) is 91.0 Å². The molecular weight excluding hydrogens is 710 g/mol. The molecule has 2 aromatic carbocycles. The molecule has 12 nitrogen and oxygen atoms in total. The second-order valence-electron chi connectivity index (χ2n) is 14.5. The lowest BCUT2D eigenvalue weighted by Crippen LogP contribution is -2.44. The van der Waals surface area contributed by atoms with Gasteiger partial charge in [0.1, 0.15) is 6.04 Å². The van der Waals surface area contributed by atoms with Crippen molar-refractivity contribution >= 4 is 56.7 Å². The summed E-state index contributed by atoms with van der Waals surface area (Å²) in [7, 11) is 1.76. The van der Waals surface area contributed by atoms with Gasteiger partial charge in [0.05, 0.1) is 22.6 Å². The van der Waals surface area contributed by atoms with Crippen LogP contribution in [0.5, 0.6) is 0 Å². The number of amides is 3. The number of anilines is 1. The van der Waals surface area contributed by atoms with E-state index in [1.165, 1.54) is 0 Å². The van der Waals surface area contributed by atoms with Crippen LogP contribution in [0.1, 0.15) is 90.4 Å². The number of rotatable bonds is 7. The van der Waals surface area contributed by atoms with Gasteiger partial charge in [-0.25, -0.2) is 9.78 Å². The highest BCUT2D eigenvalue weighted by Crippen LogP contribution is 2.37. The molecule has 5 heterocycles. The second-order valence-corrected chi connectivity index (χ2v) is 15.4. The number of benzene rings is 2. The van der Waals surface area contributed by atoms with E-state index in [1.54, 1.807) is 34.4 Å². The number of imidazole rings is 1. The van der Waals surface area contributed by atoms with Crippen LogP contribution >= 0.6 is 11.3 Å². The third-order valence-corrected chi connectivity index (χ3v) is 12.0. The molecule has 0 radical (unpaired) electrons. The number of fused-ring (bicyclic) bond motifs is 2. The zero-order chi connectivity index (χ0) is 37.0. The highest BCUT2D eigenvalue weighted by molar-refractivity contribution is 7.11. The predicted octanol–water partition coefficient (Wildman–Crippen LogP) is 6.01. The van der Waals surface area contributed by atoms with Gasteiger partial charge >= 0.3 is 11.9 Å². The Bertz CT molecular complexity index is 2270. The number of hydrogen-bond donors (Lipinski definition) is 2. The number of thiazole rings is 1.